The van der Waals surface area contributed by atoms with Gasteiger partial charge in [0, 0.05) is 5.02 Å². The van der Waals surface area contributed by atoms with Crippen LogP contribution in [0.2, 0.25) is 5.02 Å². The Labute approximate surface area is 145 Å². The molecule has 0 unspecified atom stereocenters. The van der Waals surface area contributed by atoms with Gasteiger partial charge in [-0.3, -0.25) is 4.72 Å². The number of aliphatic carboxylic acids is 1. The molecule has 0 aliphatic heterocycles. The number of anilines is 1. The SMILES string of the molecule is Cc1cc(Cl)ccc1NS(=O)(=O)c1ccc(OCC(=O)O)c(C)c1. The lowest BCUT2D eigenvalue weighted by Gasteiger charge is -2.13. The molecule has 128 valence electrons. The fraction of sp³-hybridized carbons (Fsp3) is 0.188. The number of carbonyl (C=O) groups is 1. The molecule has 0 saturated heterocycles. The fourth-order valence-corrected chi connectivity index (χ4v) is 3.48. The van der Waals surface area contributed by atoms with Gasteiger partial charge in [0.2, 0.25) is 0 Å². The van der Waals surface area contributed by atoms with Crippen LogP contribution < -0.4 is 9.46 Å². The highest BCUT2D eigenvalue weighted by Gasteiger charge is 2.17. The van der Waals surface area contributed by atoms with Crippen molar-refractivity contribution in [2.24, 2.45) is 0 Å². The number of carboxylic acids is 1. The van der Waals surface area contributed by atoms with E-state index in [1.54, 1.807) is 32.0 Å². The van der Waals surface area contributed by atoms with Gasteiger partial charge in [-0.25, -0.2) is 13.2 Å². The van der Waals surface area contributed by atoms with Crippen molar-refractivity contribution in [1.82, 2.24) is 0 Å². The molecule has 6 nitrogen and oxygen atoms in total. The van der Waals surface area contributed by atoms with E-state index in [-0.39, 0.29) is 4.90 Å². The first kappa shape index (κ1) is 18.1. The molecule has 2 rings (SSSR count). The third kappa shape index (κ3) is 4.39. The lowest BCUT2D eigenvalue weighted by molar-refractivity contribution is -0.139. The first-order chi connectivity index (χ1) is 11.2. The van der Waals surface area contributed by atoms with Crippen LogP contribution in [-0.2, 0) is 14.8 Å². The highest BCUT2D eigenvalue weighted by molar-refractivity contribution is 7.92. The molecule has 24 heavy (non-hydrogen) atoms. The molecular formula is C16H16ClNO5S. The van der Waals surface area contributed by atoms with Crippen molar-refractivity contribution in [3.8, 4) is 5.75 Å². The summed E-state index contributed by atoms with van der Waals surface area (Å²) >= 11 is 5.86. The predicted octanol–water partition coefficient (Wildman–Crippen LogP) is 3.22. The maximum Gasteiger partial charge on any atom is 0.341 e. The van der Waals surface area contributed by atoms with Crippen LogP contribution in [0.25, 0.3) is 0 Å². The summed E-state index contributed by atoms with van der Waals surface area (Å²) in [5.74, 6) is -0.787. The summed E-state index contributed by atoms with van der Waals surface area (Å²) in [7, 11) is -3.78. The lowest BCUT2D eigenvalue weighted by atomic mass is 10.2. The number of rotatable bonds is 6. The van der Waals surface area contributed by atoms with E-state index in [2.05, 4.69) is 4.72 Å². The van der Waals surface area contributed by atoms with Crippen molar-refractivity contribution in [2.45, 2.75) is 18.7 Å². The van der Waals surface area contributed by atoms with Crippen LogP contribution in [0.3, 0.4) is 0 Å². The zero-order valence-corrected chi connectivity index (χ0v) is 14.6. The van der Waals surface area contributed by atoms with Gasteiger partial charge >= 0.3 is 5.97 Å². The molecule has 0 atom stereocenters. The molecule has 0 radical (unpaired) electrons. The third-order valence-corrected chi connectivity index (χ3v) is 4.84. The predicted molar refractivity (Wildman–Crippen MR) is 91.3 cm³/mol. The molecule has 0 amide bonds. The molecule has 2 aromatic carbocycles. The van der Waals surface area contributed by atoms with Crippen LogP contribution >= 0.6 is 11.6 Å². The number of nitrogens with one attached hydrogen (secondary N) is 1. The van der Waals surface area contributed by atoms with E-state index in [0.29, 0.717) is 27.6 Å². The molecule has 0 heterocycles. The van der Waals surface area contributed by atoms with Gasteiger partial charge in [-0.05, 0) is 61.4 Å². The second kappa shape index (κ2) is 7.11. The van der Waals surface area contributed by atoms with Gasteiger partial charge in [0.15, 0.2) is 6.61 Å². The minimum Gasteiger partial charge on any atom is -0.482 e. The van der Waals surface area contributed by atoms with E-state index >= 15 is 0 Å². The molecule has 0 fully saturated rings. The van der Waals surface area contributed by atoms with Crippen molar-refractivity contribution in [2.75, 3.05) is 11.3 Å². The number of halogens is 1. The Morgan fingerprint density at radius 3 is 2.46 bits per heavy atom. The normalized spacial score (nSPS) is 11.1. The molecule has 8 heteroatoms. The molecule has 0 spiro atoms. The Bertz CT molecular complexity index is 880. The number of ether oxygens (including phenoxy) is 1. The van der Waals surface area contributed by atoms with Gasteiger partial charge < -0.3 is 9.84 Å². The van der Waals surface area contributed by atoms with Crippen LogP contribution in [0.15, 0.2) is 41.3 Å². The van der Waals surface area contributed by atoms with Gasteiger partial charge in [-0.2, -0.15) is 0 Å². The van der Waals surface area contributed by atoms with E-state index in [4.69, 9.17) is 21.4 Å². The Kier molecular flexibility index (Phi) is 5.36. The molecular weight excluding hydrogens is 354 g/mol. The number of aryl methyl sites for hydroxylation is 2. The van der Waals surface area contributed by atoms with Crippen LogP contribution in [-0.4, -0.2) is 26.1 Å². The quantitative estimate of drug-likeness (QED) is 0.815. The van der Waals surface area contributed by atoms with Gasteiger partial charge in [-0.15, -0.1) is 0 Å². The number of benzene rings is 2. The second-order valence-electron chi connectivity index (χ2n) is 5.17. The zero-order chi connectivity index (χ0) is 17.9. The van der Waals surface area contributed by atoms with E-state index in [1.807, 2.05) is 0 Å². The van der Waals surface area contributed by atoms with E-state index in [9.17, 15) is 13.2 Å². The smallest absolute Gasteiger partial charge is 0.341 e. The summed E-state index contributed by atoms with van der Waals surface area (Å²) in [6, 6.07) is 9.06. The summed E-state index contributed by atoms with van der Waals surface area (Å²) in [6.45, 7) is 2.90. The summed E-state index contributed by atoms with van der Waals surface area (Å²) in [6.07, 6.45) is 0. The standard InChI is InChI=1S/C16H16ClNO5S/c1-10-7-12(17)3-5-14(10)18-24(21,22)13-4-6-15(11(2)8-13)23-9-16(19)20/h3-8,18H,9H2,1-2H3,(H,19,20). The summed E-state index contributed by atoms with van der Waals surface area (Å²) < 4.78 is 32.6. The number of sulfonamides is 1. The lowest BCUT2D eigenvalue weighted by Crippen LogP contribution is -2.14. The van der Waals surface area contributed by atoms with E-state index < -0.39 is 22.6 Å². The Morgan fingerprint density at radius 2 is 1.88 bits per heavy atom. The molecule has 2 N–H and O–H groups in total. The van der Waals surface area contributed by atoms with E-state index in [0.717, 1.165) is 0 Å². The number of hydrogen-bond donors (Lipinski definition) is 2. The molecule has 0 saturated carbocycles. The van der Waals surface area contributed by atoms with Gasteiger partial charge in [0.25, 0.3) is 10.0 Å². The molecule has 0 aliphatic carbocycles. The Morgan fingerprint density at radius 1 is 1.17 bits per heavy atom. The average molecular weight is 370 g/mol. The Hall–Kier alpha value is -2.25. The van der Waals surface area contributed by atoms with Crippen molar-refractivity contribution < 1.29 is 23.1 Å². The first-order valence-electron chi connectivity index (χ1n) is 6.93. The average Bonchev–Trinajstić information content (AvgIpc) is 2.48. The number of hydrogen-bond acceptors (Lipinski definition) is 4. The minimum atomic E-state index is -3.78. The topological polar surface area (TPSA) is 92.7 Å². The van der Waals surface area contributed by atoms with Crippen molar-refractivity contribution in [3.63, 3.8) is 0 Å². The van der Waals surface area contributed by atoms with Crippen molar-refractivity contribution in [3.05, 3.63) is 52.5 Å². The van der Waals surface area contributed by atoms with E-state index in [1.165, 1.54) is 18.2 Å². The summed E-state index contributed by atoms with van der Waals surface area (Å²) in [5, 5.41) is 9.14. The summed E-state index contributed by atoms with van der Waals surface area (Å²) in [5.41, 5.74) is 1.65. The zero-order valence-electron chi connectivity index (χ0n) is 13.0. The maximum atomic E-state index is 12.5. The summed E-state index contributed by atoms with van der Waals surface area (Å²) in [4.78, 5) is 10.6. The molecule has 0 bridgehead atoms. The van der Waals surface area contributed by atoms with Gasteiger partial charge in [0.1, 0.15) is 5.75 Å². The fourth-order valence-electron chi connectivity index (χ4n) is 2.04. The van der Waals surface area contributed by atoms with Crippen molar-refractivity contribution in [1.29, 1.82) is 0 Å². The van der Waals surface area contributed by atoms with Gasteiger partial charge in [-0.1, -0.05) is 11.6 Å². The van der Waals surface area contributed by atoms with Crippen LogP contribution in [0.1, 0.15) is 11.1 Å². The number of carboxylic acid groups (broad SMARTS) is 1. The van der Waals surface area contributed by atoms with Crippen LogP contribution in [0.5, 0.6) is 5.75 Å². The molecule has 0 aliphatic rings. The third-order valence-electron chi connectivity index (χ3n) is 3.24. The maximum absolute atomic E-state index is 12.5. The first-order valence-corrected chi connectivity index (χ1v) is 8.79. The highest BCUT2D eigenvalue weighted by Crippen LogP contribution is 2.25. The van der Waals surface area contributed by atoms with Crippen LogP contribution in [0, 0.1) is 13.8 Å². The molecule has 2 aromatic rings. The largest absolute Gasteiger partial charge is 0.482 e. The monoisotopic (exact) mass is 369 g/mol. The molecule has 0 aromatic heterocycles. The van der Waals surface area contributed by atoms with Gasteiger partial charge in [0.05, 0.1) is 10.6 Å². The highest BCUT2D eigenvalue weighted by atomic mass is 35.5. The van der Waals surface area contributed by atoms with Crippen LogP contribution in [0.4, 0.5) is 5.69 Å². The Balaban J connectivity index is 2.26. The van der Waals surface area contributed by atoms with Crippen molar-refractivity contribution >= 4 is 33.3 Å². The second-order valence-corrected chi connectivity index (χ2v) is 7.29. The minimum absolute atomic E-state index is 0.0528.